The molecule has 8 nitrogen and oxygen atoms in total. The highest BCUT2D eigenvalue weighted by atomic mass is 35.5. The Balaban J connectivity index is 1.80. The third kappa shape index (κ3) is 3.60. The van der Waals surface area contributed by atoms with Crippen LogP contribution in [0.3, 0.4) is 0 Å². The zero-order chi connectivity index (χ0) is 18.8. The Hall–Kier alpha value is -3.13. The third-order valence-electron chi connectivity index (χ3n) is 3.89. The molecule has 0 unspecified atom stereocenters. The fraction of sp³-hybridized carbons (Fsp3) is 0.176. The number of halogens is 1. The van der Waals surface area contributed by atoms with Crippen molar-refractivity contribution in [3.63, 3.8) is 0 Å². The lowest BCUT2D eigenvalue weighted by Gasteiger charge is -2.14. The van der Waals surface area contributed by atoms with Gasteiger partial charge in [-0.1, -0.05) is 23.7 Å². The van der Waals surface area contributed by atoms with Gasteiger partial charge in [0.2, 0.25) is 5.91 Å². The van der Waals surface area contributed by atoms with Gasteiger partial charge in [0.25, 0.3) is 5.69 Å². The zero-order valence-corrected chi connectivity index (χ0v) is 14.4. The SMILES string of the molecule is C[C@@H](NC(=O)Cn1c(=O)oc2cc([N+](=O)[O-])ccc21)c1cccc(Cl)c1. The first-order valence-corrected chi connectivity index (χ1v) is 8.05. The van der Waals surface area contributed by atoms with Crippen LogP contribution in [0.15, 0.2) is 51.7 Å². The Labute approximate surface area is 152 Å². The van der Waals surface area contributed by atoms with E-state index in [1.165, 1.54) is 12.1 Å². The van der Waals surface area contributed by atoms with Gasteiger partial charge in [-0.25, -0.2) is 4.79 Å². The molecule has 0 saturated heterocycles. The quantitative estimate of drug-likeness (QED) is 0.544. The fourth-order valence-electron chi connectivity index (χ4n) is 2.61. The van der Waals surface area contributed by atoms with Crippen LogP contribution in [0.4, 0.5) is 5.69 Å². The Kier molecular flexibility index (Phi) is 4.77. The number of oxazole rings is 1. The van der Waals surface area contributed by atoms with E-state index in [1.807, 2.05) is 6.07 Å². The summed E-state index contributed by atoms with van der Waals surface area (Å²) in [6, 6.07) is 10.6. The van der Waals surface area contributed by atoms with E-state index in [0.29, 0.717) is 10.5 Å². The number of amides is 1. The molecular formula is C17H14ClN3O5. The van der Waals surface area contributed by atoms with Crippen molar-refractivity contribution in [1.29, 1.82) is 0 Å². The second-order valence-electron chi connectivity index (χ2n) is 5.71. The summed E-state index contributed by atoms with van der Waals surface area (Å²) in [7, 11) is 0. The highest BCUT2D eigenvalue weighted by Crippen LogP contribution is 2.20. The van der Waals surface area contributed by atoms with Crippen molar-refractivity contribution in [3.05, 3.63) is 73.7 Å². The van der Waals surface area contributed by atoms with Crippen LogP contribution in [0.5, 0.6) is 0 Å². The Morgan fingerprint density at radius 2 is 2.12 bits per heavy atom. The summed E-state index contributed by atoms with van der Waals surface area (Å²) < 4.78 is 6.13. The fourth-order valence-corrected chi connectivity index (χ4v) is 2.81. The minimum atomic E-state index is -0.758. The van der Waals surface area contributed by atoms with Gasteiger partial charge in [0.15, 0.2) is 5.58 Å². The van der Waals surface area contributed by atoms with Crippen LogP contribution in [0.2, 0.25) is 5.02 Å². The van der Waals surface area contributed by atoms with E-state index in [2.05, 4.69) is 5.32 Å². The number of nitro benzene ring substituents is 1. The molecule has 1 amide bonds. The number of nitrogens with one attached hydrogen (secondary N) is 1. The van der Waals surface area contributed by atoms with Crippen molar-refractivity contribution in [2.75, 3.05) is 0 Å². The van der Waals surface area contributed by atoms with Crippen LogP contribution in [0, 0.1) is 10.1 Å². The summed E-state index contributed by atoms with van der Waals surface area (Å²) in [6.45, 7) is 1.53. The Morgan fingerprint density at radius 3 is 2.81 bits per heavy atom. The number of rotatable bonds is 5. The molecule has 0 aliphatic rings. The molecule has 1 aromatic heterocycles. The molecule has 1 N–H and O–H groups in total. The maximum atomic E-state index is 12.3. The van der Waals surface area contributed by atoms with Gasteiger partial charge in [-0.05, 0) is 30.7 Å². The monoisotopic (exact) mass is 375 g/mol. The van der Waals surface area contributed by atoms with Gasteiger partial charge in [0.1, 0.15) is 6.54 Å². The number of carbonyl (C=O) groups excluding carboxylic acids is 1. The summed E-state index contributed by atoms with van der Waals surface area (Å²) in [4.78, 5) is 34.5. The van der Waals surface area contributed by atoms with E-state index >= 15 is 0 Å². The smallest absolute Gasteiger partial charge is 0.407 e. The van der Waals surface area contributed by atoms with E-state index in [1.54, 1.807) is 25.1 Å². The summed E-state index contributed by atoms with van der Waals surface area (Å²) in [6.07, 6.45) is 0. The van der Waals surface area contributed by atoms with E-state index < -0.39 is 16.6 Å². The van der Waals surface area contributed by atoms with E-state index in [-0.39, 0.29) is 23.9 Å². The molecule has 0 aliphatic carbocycles. The van der Waals surface area contributed by atoms with Crippen LogP contribution < -0.4 is 11.1 Å². The molecule has 134 valence electrons. The maximum absolute atomic E-state index is 12.3. The second kappa shape index (κ2) is 7.01. The second-order valence-corrected chi connectivity index (χ2v) is 6.14. The first-order valence-electron chi connectivity index (χ1n) is 7.68. The first-order chi connectivity index (χ1) is 12.3. The number of nitro groups is 1. The predicted octanol–water partition coefficient (Wildman–Crippen LogP) is 3.03. The van der Waals surface area contributed by atoms with Crippen LogP contribution in [-0.2, 0) is 11.3 Å². The van der Waals surface area contributed by atoms with Crippen LogP contribution in [0.1, 0.15) is 18.5 Å². The molecule has 0 bridgehead atoms. The van der Waals surface area contributed by atoms with Crippen molar-refractivity contribution >= 4 is 34.3 Å². The molecule has 3 aromatic rings. The molecule has 3 rings (SSSR count). The van der Waals surface area contributed by atoms with Gasteiger partial charge < -0.3 is 9.73 Å². The van der Waals surface area contributed by atoms with Gasteiger partial charge in [-0.2, -0.15) is 0 Å². The van der Waals surface area contributed by atoms with E-state index in [9.17, 15) is 19.7 Å². The number of non-ortho nitro benzene ring substituents is 1. The third-order valence-corrected chi connectivity index (χ3v) is 4.13. The molecule has 9 heteroatoms. The summed E-state index contributed by atoms with van der Waals surface area (Å²) >= 11 is 5.94. The lowest BCUT2D eigenvalue weighted by molar-refractivity contribution is -0.384. The molecule has 0 aliphatic heterocycles. The summed E-state index contributed by atoms with van der Waals surface area (Å²) in [5.74, 6) is -1.16. The van der Waals surface area contributed by atoms with Gasteiger partial charge in [0, 0.05) is 11.1 Å². The van der Waals surface area contributed by atoms with Gasteiger partial charge in [-0.3, -0.25) is 19.5 Å². The standard InChI is InChI=1S/C17H14ClN3O5/c1-10(11-3-2-4-12(18)7-11)19-16(22)9-20-14-6-5-13(21(24)25)8-15(14)26-17(20)23/h2-8,10H,9H2,1H3,(H,19,22)/t10-/m1/s1. The Morgan fingerprint density at radius 1 is 1.35 bits per heavy atom. The number of hydrogen-bond donors (Lipinski definition) is 1. The van der Waals surface area contributed by atoms with Crippen molar-refractivity contribution in [1.82, 2.24) is 9.88 Å². The molecule has 0 fully saturated rings. The normalized spacial score (nSPS) is 12.1. The minimum Gasteiger partial charge on any atom is -0.407 e. The molecule has 0 spiro atoms. The van der Waals surface area contributed by atoms with Crippen molar-refractivity contribution in [2.45, 2.75) is 19.5 Å². The number of hydrogen-bond acceptors (Lipinski definition) is 5. The van der Waals surface area contributed by atoms with Crippen LogP contribution in [0.25, 0.3) is 11.1 Å². The van der Waals surface area contributed by atoms with Crippen molar-refractivity contribution in [3.8, 4) is 0 Å². The van der Waals surface area contributed by atoms with Gasteiger partial charge in [-0.15, -0.1) is 0 Å². The molecule has 1 heterocycles. The number of fused-ring (bicyclic) bond motifs is 1. The minimum absolute atomic E-state index is 0.0555. The molecule has 0 radical (unpaired) electrons. The highest BCUT2D eigenvalue weighted by Gasteiger charge is 2.17. The topological polar surface area (TPSA) is 107 Å². The number of benzene rings is 2. The lowest BCUT2D eigenvalue weighted by atomic mass is 10.1. The van der Waals surface area contributed by atoms with Crippen molar-refractivity contribution < 1.29 is 14.1 Å². The Bertz CT molecular complexity index is 1060. The highest BCUT2D eigenvalue weighted by molar-refractivity contribution is 6.30. The van der Waals surface area contributed by atoms with Gasteiger partial charge >= 0.3 is 5.76 Å². The summed E-state index contributed by atoms with van der Waals surface area (Å²) in [5, 5.41) is 14.1. The average Bonchev–Trinajstić information content (AvgIpc) is 2.89. The first kappa shape index (κ1) is 17.7. The van der Waals surface area contributed by atoms with E-state index in [0.717, 1.165) is 16.2 Å². The van der Waals surface area contributed by atoms with Gasteiger partial charge in [0.05, 0.1) is 22.5 Å². The molecular weight excluding hydrogens is 362 g/mol. The van der Waals surface area contributed by atoms with E-state index in [4.69, 9.17) is 16.0 Å². The molecule has 26 heavy (non-hydrogen) atoms. The zero-order valence-electron chi connectivity index (χ0n) is 13.6. The molecule has 0 saturated carbocycles. The summed E-state index contributed by atoms with van der Waals surface area (Å²) in [5.41, 5.74) is 0.995. The molecule has 2 aromatic carbocycles. The van der Waals surface area contributed by atoms with Crippen LogP contribution in [-0.4, -0.2) is 15.4 Å². The largest absolute Gasteiger partial charge is 0.420 e. The predicted molar refractivity (Wildman–Crippen MR) is 95.1 cm³/mol. The number of aromatic nitrogens is 1. The lowest BCUT2D eigenvalue weighted by Crippen LogP contribution is -2.32. The maximum Gasteiger partial charge on any atom is 0.420 e. The number of nitrogens with zero attached hydrogens (tertiary/aromatic N) is 2. The van der Waals surface area contributed by atoms with Crippen LogP contribution >= 0.6 is 11.6 Å². The molecule has 1 atom stereocenters. The number of carbonyl (C=O) groups is 1. The average molecular weight is 376 g/mol. The van der Waals surface area contributed by atoms with Crippen molar-refractivity contribution in [2.24, 2.45) is 0 Å².